The number of pyridine rings is 1. The summed E-state index contributed by atoms with van der Waals surface area (Å²) in [5.41, 5.74) is 1.70. The molecule has 0 fully saturated rings. The van der Waals surface area contributed by atoms with Gasteiger partial charge in [0.1, 0.15) is 11.5 Å². The smallest absolute Gasteiger partial charge is 0.262 e. The standard InChI is InChI=1S/C19H16ClNO3/c1-24-16-8-6-15(7-9-16)21-11-10-18(22)17(19(21)23)12-13-2-4-14(20)5-3-13/h2-11,22H,12H2,1H3. The second-order valence-electron chi connectivity index (χ2n) is 5.36. The summed E-state index contributed by atoms with van der Waals surface area (Å²) >= 11 is 5.88. The van der Waals surface area contributed by atoms with Gasteiger partial charge in [-0.3, -0.25) is 9.36 Å². The Morgan fingerprint density at radius 1 is 1.04 bits per heavy atom. The first-order valence-electron chi connectivity index (χ1n) is 7.41. The monoisotopic (exact) mass is 341 g/mol. The van der Waals surface area contributed by atoms with Gasteiger partial charge in [0, 0.05) is 23.3 Å². The predicted molar refractivity (Wildman–Crippen MR) is 94.5 cm³/mol. The van der Waals surface area contributed by atoms with Gasteiger partial charge in [0.2, 0.25) is 0 Å². The van der Waals surface area contributed by atoms with Crippen LogP contribution in [0.5, 0.6) is 11.5 Å². The van der Waals surface area contributed by atoms with Crippen LogP contribution in [0.2, 0.25) is 5.02 Å². The van der Waals surface area contributed by atoms with E-state index in [0.717, 1.165) is 5.56 Å². The average molecular weight is 342 g/mol. The highest BCUT2D eigenvalue weighted by atomic mass is 35.5. The van der Waals surface area contributed by atoms with Crippen molar-refractivity contribution in [3.05, 3.63) is 87.3 Å². The molecule has 1 aromatic heterocycles. The molecule has 122 valence electrons. The first kappa shape index (κ1) is 16.1. The first-order valence-corrected chi connectivity index (χ1v) is 7.78. The van der Waals surface area contributed by atoms with Crippen molar-refractivity contribution in [3.63, 3.8) is 0 Å². The minimum atomic E-state index is -0.255. The van der Waals surface area contributed by atoms with E-state index >= 15 is 0 Å². The van der Waals surface area contributed by atoms with Crippen LogP contribution in [0.1, 0.15) is 11.1 Å². The predicted octanol–water partition coefficient (Wildman–Crippen LogP) is 3.80. The summed E-state index contributed by atoms with van der Waals surface area (Å²) in [6.45, 7) is 0. The molecule has 0 saturated heterocycles. The van der Waals surface area contributed by atoms with E-state index in [0.29, 0.717) is 28.4 Å². The number of hydrogen-bond acceptors (Lipinski definition) is 3. The maximum absolute atomic E-state index is 12.8. The average Bonchev–Trinajstić information content (AvgIpc) is 2.60. The van der Waals surface area contributed by atoms with Crippen molar-refractivity contribution in [2.45, 2.75) is 6.42 Å². The Morgan fingerprint density at radius 2 is 1.71 bits per heavy atom. The molecule has 0 aliphatic heterocycles. The molecule has 3 rings (SSSR count). The topological polar surface area (TPSA) is 51.5 Å². The third-order valence-corrected chi connectivity index (χ3v) is 4.06. The van der Waals surface area contributed by atoms with E-state index in [1.807, 2.05) is 12.1 Å². The lowest BCUT2D eigenvalue weighted by Crippen LogP contribution is -2.22. The molecule has 0 saturated carbocycles. The fourth-order valence-electron chi connectivity index (χ4n) is 2.49. The number of methoxy groups -OCH3 is 1. The van der Waals surface area contributed by atoms with Crippen molar-refractivity contribution in [2.75, 3.05) is 7.11 Å². The number of aromatic nitrogens is 1. The van der Waals surface area contributed by atoms with Crippen LogP contribution in [0, 0.1) is 0 Å². The molecule has 2 aromatic carbocycles. The second-order valence-corrected chi connectivity index (χ2v) is 5.79. The summed E-state index contributed by atoms with van der Waals surface area (Å²) < 4.78 is 6.63. The fraction of sp³-hybridized carbons (Fsp3) is 0.105. The zero-order chi connectivity index (χ0) is 17.1. The van der Waals surface area contributed by atoms with Gasteiger partial charge in [-0.15, -0.1) is 0 Å². The highest BCUT2D eigenvalue weighted by Gasteiger charge is 2.11. The maximum Gasteiger partial charge on any atom is 0.262 e. The van der Waals surface area contributed by atoms with Gasteiger partial charge < -0.3 is 9.84 Å². The Kier molecular flexibility index (Phi) is 4.58. The fourth-order valence-corrected chi connectivity index (χ4v) is 2.61. The van der Waals surface area contributed by atoms with Gasteiger partial charge in [-0.2, -0.15) is 0 Å². The van der Waals surface area contributed by atoms with E-state index in [1.165, 1.54) is 10.6 Å². The Hall–Kier alpha value is -2.72. The number of hydrogen-bond donors (Lipinski definition) is 1. The lowest BCUT2D eigenvalue weighted by Gasteiger charge is -2.11. The lowest BCUT2D eigenvalue weighted by molar-refractivity contribution is 0.414. The molecule has 5 heteroatoms. The van der Waals surface area contributed by atoms with Gasteiger partial charge in [-0.25, -0.2) is 0 Å². The van der Waals surface area contributed by atoms with Crippen LogP contribution < -0.4 is 10.3 Å². The van der Waals surface area contributed by atoms with E-state index in [2.05, 4.69) is 0 Å². The lowest BCUT2D eigenvalue weighted by atomic mass is 10.1. The highest BCUT2D eigenvalue weighted by Crippen LogP contribution is 2.20. The molecule has 0 bridgehead atoms. The van der Waals surface area contributed by atoms with Crippen LogP contribution in [-0.2, 0) is 6.42 Å². The molecule has 3 aromatic rings. The van der Waals surface area contributed by atoms with Crippen molar-refractivity contribution >= 4 is 11.6 Å². The van der Waals surface area contributed by atoms with Crippen LogP contribution in [0.3, 0.4) is 0 Å². The van der Waals surface area contributed by atoms with Crippen molar-refractivity contribution in [2.24, 2.45) is 0 Å². The number of ether oxygens (including phenoxy) is 1. The van der Waals surface area contributed by atoms with Gasteiger partial charge in [0.05, 0.1) is 12.7 Å². The molecule has 0 spiro atoms. The van der Waals surface area contributed by atoms with Crippen LogP contribution >= 0.6 is 11.6 Å². The number of benzene rings is 2. The van der Waals surface area contributed by atoms with E-state index in [-0.39, 0.29) is 11.3 Å². The molecule has 24 heavy (non-hydrogen) atoms. The Labute approximate surface area is 144 Å². The largest absolute Gasteiger partial charge is 0.507 e. The zero-order valence-corrected chi connectivity index (χ0v) is 13.8. The number of aromatic hydroxyl groups is 1. The highest BCUT2D eigenvalue weighted by molar-refractivity contribution is 6.30. The van der Waals surface area contributed by atoms with Gasteiger partial charge in [0.15, 0.2) is 0 Å². The molecule has 1 heterocycles. The molecule has 0 unspecified atom stereocenters. The first-order chi connectivity index (χ1) is 11.6. The van der Waals surface area contributed by atoms with E-state index in [1.54, 1.807) is 49.7 Å². The normalized spacial score (nSPS) is 10.6. The minimum Gasteiger partial charge on any atom is -0.507 e. The molecule has 0 aliphatic carbocycles. The quantitative estimate of drug-likeness (QED) is 0.785. The molecule has 4 nitrogen and oxygen atoms in total. The summed E-state index contributed by atoms with van der Waals surface area (Å²) in [6.07, 6.45) is 1.89. The summed E-state index contributed by atoms with van der Waals surface area (Å²) in [7, 11) is 1.59. The van der Waals surface area contributed by atoms with Gasteiger partial charge in [-0.05, 0) is 48.0 Å². The SMILES string of the molecule is COc1ccc(-n2ccc(O)c(Cc3ccc(Cl)cc3)c2=O)cc1. The van der Waals surface area contributed by atoms with E-state index in [4.69, 9.17) is 16.3 Å². The van der Waals surface area contributed by atoms with Crippen LogP contribution in [0.25, 0.3) is 5.69 Å². The Morgan fingerprint density at radius 3 is 2.33 bits per heavy atom. The summed E-state index contributed by atoms with van der Waals surface area (Å²) in [5.74, 6) is 0.701. The molecule has 0 atom stereocenters. The van der Waals surface area contributed by atoms with Gasteiger partial charge >= 0.3 is 0 Å². The molecule has 0 radical (unpaired) electrons. The van der Waals surface area contributed by atoms with Crippen molar-refractivity contribution in [3.8, 4) is 17.2 Å². The van der Waals surface area contributed by atoms with Gasteiger partial charge in [0.25, 0.3) is 5.56 Å². The van der Waals surface area contributed by atoms with Crippen LogP contribution in [-0.4, -0.2) is 16.8 Å². The minimum absolute atomic E-state index is 0.0142. The molecular formula is C19H16ClNO3. The maximum atomic E-state index is 12.8. The zero-order valence-electron chi connectivity index (χ0n) is 13.1. The van der Waals surface area contributed by atoms with Crippen LogP contribution in [0.15, 0.2) is 65.6 Å². The third kappa shape index (κ3) is 3.29. The summed E-state index contributed by atoms with van der Waals surface area (Å²) in [6, 6.07) is 15.9. The van der Waals surface area contributed by atoms with Gasteiger partial charge in [-0.1, -0.05) is 23.7 Å². The number of rotatable bonds is 4. The number of halogens is 1. The Bertz CT molecular complexity index is 899. The Balaban J connectivity index is 2.00. The molecule has 0 aliphatic rings. The van der Waals surface area contributed by atoms with Crippen LogP contribution in [0.4, 0.5) is 0 Å². The molecule has 1 N–H and O–H groups in total. The number of nitrogens with zero attached hydrogens (tertiary/aromatic N) is 1. The molecule has 0 amide bonds. The second kappa shape index (κ2) is 6.81. The van der Waals surface area contributed by atoms with Crippen molar-refractivity contribution < 1.29 is 9.84 Å². The summed E-state index contributed by atoms with van der Waals surface area (Å²) in [5, 5.41) is 10.7. The van der Waals surface area contributed by atoms with Crippen molar-refractivity contribution in [1.29, 1.82) is 0 Å². The van der Waals surface area contributed by atoms with E-state index in [9.17, 15) is 9.90 Å². The summed E-state index contributed by atoms with van der Waals surface area (Å²) in [4.78, 5) is 12.8. The third-order valence-electron chi connectivity index (χ3n) is 3.81. The molecular weight excluding hydrogens is 326 g/mol. The van der Waals surface area contributed by atoms with E-state index < -0.39 is 0 Å². The van der Waals surface area contributed by atoms with Crippen molar-refractivity contribution in [1.82, 2.24) is 4.57 Å².